The predicted octanol–water partition coefficient (Wildman–Crippen LogP) is 1.88. The summed E-state index contributed by atoms with van der Waals surface area (Å²) in [5.41, 5.74) is 2.18. The van der Waals surface area contributed by atoms with Crippen LogP contribution in [0.4, 0.5) is 11.4 Å². The van der Waals surface area contributed by atoms with Crippen molar-refractivity contribution in [1.82, 2.24) is 0 Å². The molecule has 0 N–H and O–H groups in total. The Morgan fingerprint density at radius 3 is 2.60 bits per heavy atom. The third-order valence-electron chi connectivity index (χ3n) is 2.94. The summed E-state index contributed by atoms with van der Waals surface area (Å²) in [5, 5.41) is 0. The second-order valence-corrected chi connectivity index (χ2v) is 3.77. The van der Waals surface area contributed by atoms with Gasteiger partial charge in [0.2, 0.25) is 5.91 Å². The van der Waals surface area contributed by atoms with Crippen LogP contribution in [0.5, 0.6) is 0 Å². The predicted molar refractivity (Wildman–Crippen MR) is 62.4 cm³/mol. The third-order valence-corrected chi connectivity index (χ3v) is 2.94. The van der Waals surface area contributed by atoms with E-state index >= 15 is 0 Å². The van der Waals surface area contributed by atoms with Gasteiger partial charge in [-0.25, -0.2) is 0 Å². The second-order valence-electron chi connectivity index (χ2n) is 3.77. The van der Waals surface area contributed by atoms with Gasteiger partial charge in [0.15, 0.2) is 0 Å². The first kappa shape index (κ1) is 10.0. The molecule has 0 atom stereocenters. The summed E-state index contributed by atoms with van der Waals surface area (Å²) in [6.07, 6.45) is 0.596. The number of carbonyl (C=O) groups is 1. The lowest BCUT2D eigenvalue weighted by atomic mass is 10.2. The highest BCUT2D eigenvalue weighted by atomic mass is 16.2. The summed E-state index contributed by atoms with van der Waals surface area (Å²) in [4.78, 5) is 15.7. The van der Waals surface area contributed by atoms with Gasteiger partial charge in [-0.05, 0) is 19.1 Å². The monoisotopic (exact) mass is 204 g/mol. The Labute approximate surface area is 90.3 Å². The molecule has 0 unspecified atom stereocenters. The molecule has 3 nitrogen and oxygen atoms in total. The van der Waals surface area contributed by atoms with Crippen LogP contribution in [0.1, 0.15) is 13.3 Å². The summed E-state index contributed by atoms with van der Waals surface area (Å²) in [6, 6.07) is 8.07. The SMILES string of the molecule is CCN1CCC(=O)N(C)c2ccccc21. The zero-order valence-corrected chi connectivity index (χ0v) is 9.23. The molecule has 1 aromatic rings. The molecule has 0 saturated heterocycles. The van der Waals surface area contributed by atoms with Gasteiger partial charge in [0.25, 0.3) is 0 Å². The van der Waals surface area contributed by atoms with E-state index in [0.717, 1.165) is 24.5 Å². The number of fused-ring (bicyclic) bond motifs is 1. The number of rotatable bonds is 1. The topological polar surface area (TPSA) is 23.6 Å². The first-order valence-electron chi connectivity index (χ1n) is 5.34. The van der Waals surface area contributed by atoms with E-state index in [1.165, 1.54) is 0 Å². The van der Waals surface area contributed by atoms with Crippen molar-refractivity contribution in [1.29, 1.82) is 0 Å². The molecule has 80 valence electrons. The fourth-order valence-electron chi connectivity index (χ4n) is 2.00. The van der Waals surface area contributed by atoms with E-state index in [0.29, 0.717) is 6.42 Å². The number of anilines is 2. The van der Waals surface area contributed by atoms with E-state index in [2.05, 4.69) is 17.9 Å². The van der Waals surface area contributed by atoms with Crippen LogP contribution in [0.15, 0.2) is 24.3 Å². The molecular weight excluding hydrogens is 188 g/mol. The average Bonchev–Trinajstić information content (AvgIpc) is 2.39. The standard InChI is InChI=1S/C12H16N2O/c1-3-14-9-8-12(15)13(2)10-6-4-5-7-11(10)14/h4-7H,3,8-9H2,1-2H3. The van der Waals surface area contributed by atoms with E-state index in [9.17, 15) is 4.79 Å². The Morgan fingerprint density at radius 2 is 1.93 bits per heavy atom. The van der Waals surface area contributed by atoms with Crippen molar-refractivity contribution in [2.75, 3.05) is 29.9 Å². The van der Waals surface area contributed by atoms with Gasteiger partial charge in [0, 0.05) is 26.6 Å². The van der Waals surface area contributed by atoms with E-state index in [4.69, 9.17) is 0 Å². The molecule has 2 rings (SSSR count). The van der Waals surface area contributed by atoms with Crippen molar-refractivity contribution in [2.24, 2.45) is 0 Å². The molecular formula is C12H16N2O. The third kappa shape index (κ3) is 1.69. The van der Waals surface area contributed by atoms with Crippen molar-refractivity contribution in [3.05, 3.63) is 24.3 Å². The van der Waals surface area contributed by atoms with Crippen LogP contribution in [0.2, 0.25) is 0 Å². The van der Waals surface area contributed by atoms with Crippen LogP contribution in [0.25, 0.3) is 0 Å². The Kier molecular flexibility index (Phi) is 2.62. The highest BCUT2D eigenvalue weighted by molar-refractivity contribution is 5.98. The average molecular weight is 204 g/mol. The van der Waals surface area contributed by atoms with Crippen molar-refractivity contribution >= 4 is 17.3 Å². The zero-order chi connectivity index (χ0) is 10.8. The summed E-state index contributed by atoms with van der Waals surface area (Å²) in [7, 11) is 1.85. The summed E-state index contributed by atoms with van der Waals surface area (Å²) in [6.45, 7) is 3.88. The number of benzene rings is 1. The summed E-state index contributed by atoms with van der Waals surface area (Å²) < 4.78 is 0. The number of carbonyl (C=O) groups excluding carboxylic acids is 1. The van der Waals surface area contributed by atoms with Crippen LogP contribution in [0, 0.1) is 0 Å². The number of amides is 1. The van der Waals surface area contributed by atoms with Gasteiger partial charge in [0.05, 0.1) is 11.4 Å². The molecule has 0 fully saturated rings. The van der Waals surface area contributed by atoms with E-state index in [1.807, 2.05) is 25.2 Å². The van der Waals surface area contributed by atoms with Crippen LogP contribution in [0.3, 0.4) is 0 Å². The fraction of sp³-hybridized carbons (Fsp3) is 0.417. The smallest absolute Gasteiger partial charge is 0.228 e. The van der Waals surface area contributed by atoms with Crippen LogP contribution < -0.4 is 9.80 Å². The van der Waals surface area contributed by atoms with E-state index in [1.54, 1.807) is 4.90 Å². The molecule has 1 aromatic carbocycles. The molecule has 0 bridgehead atoms. The van der Waals surface area contributed by atoms with Gasteiger partial charge in [-0.2, -0.15) is 0 Å². The van der Waals surface area contributed by atoms with Gasteiger partial charge in [-0.15, -0.1) is 0 Å². The van der Waals surface area contributed by atoms with Crippen LogP contribution >= 0.6 is 0 Å². The Hall–Kier alpha value is -1.51. The molecule has 0 saturated carbocycles. The first-order valence-corrected chi connectivity index (χ1v) is 5.34. The Bertz CT molecular complexity index is 376. The molecule has 1 amide bonds. The van der Waals surface area contributed by atoms with Crippen LogP contribution in [-0.2, 0) is 4.79 Å². The maximum atomic E-state index is 11.7. The minimum absolute atomic E-state index is 0.193. The molecule has 1 aliphatic rings. The van der Waals surface area contributed by atoms with E-state index in [-0.39, 0.29) is 5.91 Å². The maximum Gasteiger partial charge on any atom is 0.228 e. The quantitative estimate of drug-likeness (QED) is 0.697. The normalized spacial score (nSPS) is 16.3. The van der Waals surface area contributed by atoms with Crippen molar-refractivity contribution in [3.8, 4) is 0 Å². The van der Waals surface area contributed by atoms with Gasteiger partial charge in [-0.3, -0.25) is 4.79 Å². The van der Waals surface area contributed by atoms with E-state index < -0.39 is 0 Å². The molecule has 0 spiro atoms. The molecule has 0 aromatic heterocycles. The maximum absolute atomic E-state index is 11.7. The molecule has 0 aliphatic carbocycles. The minimum atomic E-state index is 0.193. The highest BCUT2D eigenvalue weighted by Crippen LogP contribution is 2.31. The lowest BCUT2D eigenvalue weighted by Crippen LogP contribution is -2.26. The van der Waals surface area contributed by atoms with Crippen molar-refractivity contribution in [3.63, 3.8) is 0 Å². The number of para-hydroxylation sites is 2. The largest absolute Gasteiger partial charge is 0.370 e. The zero-order valence-electron chi connectivity index (χ0n) is 9.23. The lowest BCUT2D eigenvalue weighted by molar-refractivity contribution is -0.118. The first-order chi connectivity index (χ1) is 7.24. The Balaban J connectivity index is 2.48. The second kappa shape index (κ2) is 3.93. The summed E-state index contributed by atoms with van der Waals surface area (Å²) in [5.74, 6) is 0.193. The van der Waals surface area contributed by atoms with Crippen LogP contribution in [-0.4, -0.2) is 26.0 Å². The Morgan fingerprint density at radius 1 is 1.27 bits per heavy atom. The van der Waals surface area contributed by atoms with Gasteiger partial charge < -0.3 is 9.80 Å². The molecule has 1 aliphatic heterocycles. The van der Waals surface area contributed by atoms with Gasteiger partial charge in [-0.1, -0.05) is 12.1 Å². The summed E-state index contributed by atoms with van der Waals surface area (Å²) >= 11 is 0. The molecule has 1 heterocycles. The molecule has 0 radical (unpaired) electrons. The fourth-order valence-corrected chi connectivity index (χ4v) is 2.00. The number of hydrogen-bond acceptors (Lipinski definition) is 2. The number of hydrogen-bond donors (Lipinski definition) is 0. The lowest BCUT2D eigenvalue weighted by Gasteiger charge is -2.23. The van der Waals surface area contributed by atoms with Gasteiger partial charge in [0.1, 0.15) is 0 Å². The van der Waals surface area contributed by atoms with Crippen molar-refractivity contribution in [2.45, 2.75) is 13.3 Å². The number of nitrogens with zero attached hydrogens (tertiary/aromatic N) is 2. The van der Waals surface area contributed by atoms with Gasteiger partial charge >= 0.3 is 0 Å². The highest BCUT2D eigenvalue weighted by Gasteiger charge is 2.21. The van der Waals surface area contributed by atoms with Crippen molar-refractivity contribution < 1.29 is 4.79 Å². The molecule has 3 heteroatoms. The molecule has 15 heavy (non-hydrogen) atoms. The minimum Gasteiger partial charge on any atom is -0.370 e.